The number of Topliss-reactive ketones (excluding diaryl/α,β-unsaturated/α-hetero) is 1. The number of allylic oxidation sites excluding steroid dienone is 2. The molecule has 0 aliphatic carbocycles. The Balaban J connectivity index is 2.92. The van der Waals surface area contributed by atoms with E-state index in [9.17, 15) is 4.79 Å². The molecule has 0 spiro atoms. The molecule has 2 heteroatoms. The molecule has 0 saturated heterocycles. The molecular formula is C13H16OS. The number of hydrogen-bond acceptors (Lipinski definition) is 2. The first-order chi connectivity index (χ1) is 7.00. The SMILES string of the molecule is CC(=O)c1cccc(CC(S)=C(C)C)c1. The van der Waals surface area contributed by atoms with E-state index in [0.717, 1.165) is 22.5 Å². The third kappa shape index (κ3) is 3.56. The number of rotatable bonds is 3. The zero-order valence-corrected chi connectivity index (χ0v) is 10.3. The second kappa shape index (κ2) is 5.17. The van der Waals surface area contributed by atoms with Gasteiger partial charge >= 0.3 is 0 Å². The Hall–Kier alpha value is -1.02. The molecule has 0 aromatic heterocycles. The molecule has 1 aromatic carbocycles. The van der Waals surface area contributed by atoms with Crippen LogP contribution >= 0.6 is 12.6 Å². The maximum absolute atomic E-state index is 11.2. The fourth-order valence-electron chi connectivity index (χ4n) is 1.27. The van der Waals surface area contributed by atoms with E-state index < -0.39 is 0 Å². The molecule has 15 heavy (non-hydrogen) atoms. The van der Waals surface area contributed by atoms with Gasteiger partial charge in [-0.1, -0.05) is 23.8 Å². The molecule has 0 aliphatic heterocycles. The van der Waals surface area contributed by atoms with Crippen LogP contribution < -0.4 is 0 Å². The lowest BCUT2D eigenvalue weighted by molar-refractivity contribution is 0.101. The van der Waals surface area contributed by atoms with Gasteiger partial charge in [0.05, 0.1) is 0 Å². The van der Waals surface area contributed by atoms with Gasteiger partial charge in [0, 0.05) is 12.0 Å². The average molecular weight is 220 g/mol. The molecule has 0 heterocycles. The fourth-order valence-corrected chi connectivity index (χ4v) is 1.45. The van der Waals surface area contributed by atoms with Crippen LogP contribution in [0.5, 0.6) is 0 Å². The summed E-state index contributed by atoms with van der Waals surface area (Å²) < 4.78 is 0. The van der Waals surface area contributed by atoms with Gasteiger partial charge in [-0.2, -0.15) is 0 Å². The summed E-state index contributed by atoms with van der Waals surface area (Å²) in [5.74, 6) is 0.106. The van der Waals surface area contributed by atoms with E-state index in [4.69, 9.17) is 0 Å². The molecule has 0 amide bonds. The average Bonchev–Trinajstić information content (AvgIpc) is 2.18. The number of thiol groups is 1. The quantitative estimate of drug-likeness (QED) is 0.607. The minimum Gasteiger partial charge on any atom is -0.295 e. The maximum Gasteiger partial charge on any atom is 0.159 e. The maximum atomic E-state index is 11.2. The lowest BCUT2D eigenvalue weighted by atomic mass is 10.0. The first kappa shape index (κ1) is 12.1. The molecule has 0 radical (unpaired) electrons. The monoisotopic (exact) mass is 220 g/mol. The van der Waals surface area contributed by atoms with Gasteiger partial charge in [-0.05, 0) is 37.3 Å². The van der Waals surface area contributed by atoms with Crippen molar-refractivity contribution in [2.45, 2.75) is 27.2 Å². The van der Waals surface area contributed by atoms with Crippen molar-refractivity contribution in [3.8, 4) is 0 Å². The lowest BCUT2D eigenvalue weighted by Gasteiger charge is -2.04. The van der Waals surface area contributed by atoms with Crippen LogP contribution in [-0.2, 0) is 6.42 Å². The number of carbonyl (C=O) groups is 1. The van der Waals surface area contributed by atoms with Gasteiger partial charge in [0.1, 0.15) is 0 Å². The topological polar surface area (TPSA) is 17.1 Å². The van der Waals surface area contributed by atoms with Crippen molar-refractivity contribution in [1.29, 1.82) is 0 Å². The van der Waals surface area contributed by atoms with Crippen molar-refractivity contribution in [2.24, 2.45) is 0 Å². The molecule has 0 aliphatic rings. The van der Waals surface area contributed by atoms with Crippen LogP contribution in [0, 0.1) is 0 Å². The highest BCUT2D eigenvalue weighted by atomic mass is 32.1. The van der Waals surface area contributed by atoms with Gasteiger partial charge in [0.2, 0.25) is 0 Å². The summed E-state index contributed by atoms with van der Waals surface area (Å²) in [6, 6.07) is 7.71. The summed E-state index contributed by atoms with van der Waals surface area (Å²) in [5.41, 5.74) is 3.11. The van der Waals surface area contributed by atoms with Crippen molar-refractivity contribution in [2.75, 3.05) is 0 Å². The van der Waals surface area contributed by atoms with Crippen LogP contribution in [0.4, 0.5) is 0 Å². The normalized spacial score (nSPS) is 9.87. The highest BCUT2D eigenvalue weighted by Crippen LogP contribution is 2.16. The van der Waals surface area contributed by atoms with E-state index >= 15 is 0 Å². The molecule has 0 unspecified atom stereocenters. The minimum absolute atomic E-state index is 0.106. The van der Waals surface area contributed by atoms with Gasteiger partial charge in [-0.15, -0.1) is 12.6 Å². The number of carbonyl (C=O) groups excluding carboxylic acids is 1. The summed E-state index contributed by atoms with van der Waals surface area (Å²) in [6.07, 6.45) is 0.798. The predicted molar refractivity (Wildman–Crippen MR) is 67.5 cm³/mol. The van der Waals surface area contributed by atoms with Crippen molar-refractivity contribution in [3.63, 3.8) is 0 Å². The molecule has 1 aromatic rings. The lowest BCUT2D eigenvalue weighted by Crippen LogP contribution is -1.94. The molecule has 80 valence electrons. The second-order valence-corrected chi connectivity index (χ2v) is 4.42. The van der Waals surface area contributed by atoms with Gasteiger partial charge in [-0.25, -0.2) is 0 Å². The Morgan fingerprint density at radius 1 is 1.27 bits per heavy atom. The van der Waals surface area contributed by atoms with Gasteiger partial charge in [0.15, 0.2) is 5.78 Å². The highest BCUT2D eigenvalue weighted by molar-refractivity contribution is 7.84. The highest BCUT2D eigenvalue weighted by Gasteiger charge is 2.02. The first-order valence-electron chi connectivity index (χ1n) is 4.96. The Morgan fingerprint density at radius 2 is 1.93 bits per heavy atom. The minimum atomic E-state index is 0.106. The first-order valence-corrected chi connectivity index (χ1v) is 5.40. The van der Waals surface area contributed by atoms with E-state index in [1.165, 1.54) is 5.57 Å². The standard InChI is InChI=1S/C13H16OS/c1-9(2)13(15)8-11-5-4-6-12(7-11)10(3)14/h4-7,15H,8H2,1-3H3. The molecule has 0 bridgehead atoms. The summed E-state index contributed by atoms with van der Waals surface area (Å²) in [7, 11) is 0. The molecule has 0 N–H and O–H groups in total. The Kier molecular flexibility index (Phi) is 4.15. The van der Waals surface area contributed by atoms with Gasteiger partial charge < -0.3 is 0 Å². The molecule has 0 fully saturated rings. The van der Waals surface area contributed by atoms with Crippen LogP contribution in [-0.4, -0.2) is 5.78 Å². The van der Waals surface area contributed by atoms with E-state index in [2.05, 4.69) is 12.6 Å². The summed E-state index contributed by atoms with van der Waals surface area (Å²) in [4.78, 5) is 12.3. The van der Waals surface area contributed by atoms with Crippen molar-refractivity contribution in [3.05, 3.63) is 45.9 Å². The molecule has 1 rings (SSSR count). The number of hydrogen-bond donors (Lipinski definition) is 1. The van der Waals surface area contributed by atoms with E-state index in [0.29, 0.717) is 0 Å². The second-order valence-electron chi connectivity index (χ2n) is 3.88. The van der Waals surface area contributed by atoms with E-state index in [-0.39, 0.29) is 5.78 Å². The van der Waals surface area contributed by atoms with E-state index in [1.807, 2.05) is 38.1 Å². The number of benzene rings is 1. The summed E-state index contributed by atoms with van der Waals surface area (Å²) in [5, 5.41) is 0. The van der Waals surface area contributed by atoms with Crippen LogP contribution in [0.1, 0.15) is 36.7 Å². The Bertz CT molecular complexity index is 401. The Labute approximate surface area is 96.6 Å². The largest absolute Gasteiger partial charge is 0.295 e. The molecule has 0 atom stereocenters. The van der Waals surface area contributed by atoms with Crippen LogP contribution in [0.2, 0.25) is 0 Å². The van der Waals surface area contributed by atoms with Crippen molar-refractivity contribution >= 4 is 18.4 Å². The van der Waals surface area contributed by atoms with Gasteiger partial charge in [0.25, 0.3) is 0 Å². The van der Waals surface area contributed by atoms with Gasteiger partial charge in [-0.3, -0.25) is 4.79 Å². The third-order valence-corrected chi connectivity index (χ3v) is 2.89. The zero-order chi connectivity index (χ0) is 11.4. The number of ketones is 1. The summed E-state index contributed by atoms with van der Waals surface area (Å²) >= 11 is 4.42. The van der Waals surface area contributed by atoms with E-state index in [1.54, 1.807) is 6.92 Å². The molecule has 1 nitrogen and oxygen atoms in total. The molecule has 0 saturated carbocycles. The zero-order valence-electron chi connectivity index (χ0n) is 9.37. The van der Waals surface area contributed by atoms with Crippen molar-refractivity contribution < 1.29 is 4.79 Å². The van der Waals surface area contributed by atoms with Crippen LogP contribution in [0.15, 0.2) is 34.7 Å². The summed E-state index contributed by atoms with van der Waals surface area (Å²) in [6.45, 7) is 5.66. The third-order valence-electron chi connectivity index (χ3n) is 2.28. The Morgan fingerprint density at radius 3 is 2.47 bits per heavy atom. The smallest absolute Gasteiger partial charge is 0.159 e. The predicted octanol–water partition coefficient (Wildman–Crippen LogP) is 3.66. The molecular weight excluding hydrogens is 204 g/mol. The van der Waals surface area contributed by atoms with Crippen molar-refractivity contribution in [1.82, 2.24) is 0 Å². The fraction of sp³-hybridized carbons (Fsp3) is 0.308. The van der Waals surface area contributed by atoms with Crippen LogP contribution in [0.3, 0.4) is 0 Å². The van der Waals surface area contributed by atoms with Crippen LogP contribution in [0.25, 0.3) is 0 Å².